The van der Waals surface area contributed by atoms with Gasteiger partial charge in [0.1, 0.15) is 19.0 Å². The van der Waals surface area contributed by atoms with E-state index in [-0.39, 0.29) is 0 Å². The molecule has 2 aromatic heterocycles. The van der Waals surface area contributed by atoms with E-state index in [9.17, 15) is 0 Å². The number of fused-ring (bicyclic) bond motifs is 1. The van der Waals surface area contributed by atoms with Gasteiger partial charge in [0.25, 0.3) is 5.89 Å². The fourth-order valence-corrected chi connectivity index (χ4v) is 2.71. The number of nitrogens with zero attached hydrogens (tertiary/aromatic N) is 4. The van der Waals surface area contributed by atoms with Crippen LogP contribution in [0.3, 0.4) is 0 Å². The first-order valence-corrected chi connectivity index (χ1v) is 8.51. The zero-order valence-corrected chi connectivity index (χ0v) is 14.7. The van der Waals surface area contributed by atoms with Crippen molar-refractivity contribution in [2.45, 2.75) is 39.5 Å². The summed E-state index contributed by atoms with van der Waals surface area (Å²) >= 11 is 0. The van der Waals surface area contributed by atoms with Crippen LogP contribution in [0.4, 0.5) is 5.82 Å². The van der Waals surface area contributed by atoms with Crippen molar-refractivity contribution in [1.82, 2.24) is 25.4 Å². The summed E-state index contributed by atoms with van der Waals surface area (Å²) in [6, 6.07) is 0. The molecule has 136 valence electrons. The number of ether oxygens (including phenoxy) is 2. The monoisotopic (exact) mass is 348 g/mol. The summed E-state index contributed by atoms with van der Waals surface area (Å²) in [5.74, 6) is 2.54. The maximum Gasteiger partial charge on any atom is 0.252 e. The predicted octanol–water partition coefficient (Wildman–Crippen LogP) is 0.843. The molecular weight excluding hydrogens is 324 g/mol. The Hall–Kier alpha value is -2.10. The van der Waals surface area contributed by atoms with Crippen molar-refractivity contribution >= 4 is 5.82 Å². The summed E-state index contributed by atoms with van der Waals surface area (Å²) in [5, 5.41) is 10.7. The molecule has 1 aliphatic heterocycles. The third-order valence-corrected chi connectivity index (χ3v) is 3.86. The molecule has 0 radical (unpaired) electrons. The second kappa shape index (κ2) is 8.84. The van der Waals surface area contributed by atoms with E-state index in [2.05, 4.69) is 30.7 Å². The van der Waals surface area contributed by atoms with E-state index in [1.54, 1.807) is 7.11 Å². The van der Waals surface area contributed by atoms with E-state index in [1.165, 1.54) is 0 Å². The Kier molecular flexibility index (Phi) is 6.26. The molecule has 0 aromatic carbocycles. The Morgan fingerprint density at radius 3 is 2.84 bits per heavy atom. The topological polar surface area (TPSA) is 107 Å². The molecule has 0 amide bonds. The SMILES string of the molecule is CCOCc1nc2c(c(NCc3noc(COC)n3)n1)CCNCC2. The number of nitrogens with one attached hydrogen (secondary N) is 2. The lowest BCUT2D eigenvalue weighted by Gasteiger charge is -2.14. The highest BCUT2D eigenvalue weighted by atomic mass is 16.5. The second-order valence-electron chi connectivity index (χ2n) is 5.69. The molecule has 9 nitrogen and oxygen atoms in total. The van der Waals surface area contributed by atoms with Crippen LogP contribution in [0.2, 0.25) is 0 Å². The number of rotatable bonds is 8. The van der Waals surface area contributed by atoms with Gasteiger partial charge in [0, 0.05) is 32.2 Å². The van der Waals surface area contributed by atoms with Gasteiger partial charge in [0.15, 0.2) is 11.6 Å². The quantitative estimate of drug-likeness (QED) is 0.717. The minimum atomic E-state index is 0.306. The maximum absolute atomic E-state index is 5.47. The lowest BCUT2D eigenvalue weighted by atomic mass is 10.1. The van der Waals surface area contributed by atoms with Crippen LogP contribution in [0.25, 0.3) is 0 Å². The predicted molar refractivity (Wildman–Crippen MR) is 90.0 cm³/mol. The molecule has 0 saturated heterocycles. The normalized spacial score (nSPS) is 14.2. The van der Waals surface area contributed by atoms with E-state index in [0.717, 1.165) is 43.0 Å². The summed E-state index contributed by atoms with van der Waals surface area (Å²) in [4.78, 5) is 13.6. The maximum atomic E-state index is 5.47. The Morgan fingerprint density at radius 1 is 1.12 bits per heavy atom. The highest BCUT2D eigenvalue weighted by molar-refractivity contribution is 5.47. The van der Waals surface area contributed by atoms with E-state index >= 15 is 0 Å². The molecule has 0 spiro atoms. The van der Waals surface area contributed by atoms with Crippen molar-refractivity contribution < 1.29 is 14.0 Å². The van der Waals surface area contributed by atoms with Gasteiger partial charge in [0.05, 0.1) is 12.2 Å². The number of methoxy groups -OCH3 is 1. The third kappa shape index (κ3) is 4.71. The fraction of sp³-hybridized carbons (Fsp3) is 0.625. The number of aromatic nitrogens is 4. The van der Waals surface area contributed by atoms with Crippen LogP contribution >= 0.6 is 0 Å². The standard InChI is InChI=1S/C16H24N6O3/c1-3-24-9-14-19-12-5-7-17-6-4-11(12)16(21-14)18-8-13-20-15(10-23-2)25-22-13/h17H,3-10H2,1-2H3,(H,18,19,21). The van der Waals surface area contributed by atoms with E-state index in [1.807, 2.05) is 6.92 Å². The van der Waals surface area contributed by atoms with Gasteiger partial charge >= 0.3 is 0 Å². The van der Waals surface area contributed by atoms with Crippen molar-refractivity contribution in [1.29, 1.82) is 0 Å². The fourth-order valence-electron chi connectivity index (χ4n) is 2.71. The molecule has 3 rings (SSSR count). The molecule has 0 atom stereocenters. The lowest BCUT2D eigenvalue weighted by molar-refractivity contribution is 0.128. The average molecular weight is 348 g/mol. The highest BCUT2D eigenvalue weighted by Gasteiger charge is 2.17. The van der Waals surface area contributed by atoms with E-state index in [4.69, 9.17) is 14.0 Å². The number of anilines is 1. The average Bonchev–Trinajstić information content (AvgIpc) is 2.93. The smallest absolute Gasteiger partial charge is 0.252 e. The van der Waals surface area contributed by atoms with Crippen molar-refractivity contribution in [2.24, 2.45) is 0 Å². The Bertz CT molecular complexity index is 691. The molecule has 2 N–H and O–H groups in total. The van der Waals surface area contributed by atoms with Crippen LogP contribution in [0.15, 0.2) is 4.52 Å². The van der Waals surface area contributed by atoms with Crippen LogP contribution in [0.5, 0.6) is 0 Å². The molecule has 9 heteroatoms. The van der Waals surface area contributed by atoms with Crippen LogP contribution in [0, 0.1) is 0 Å². The Morgan fingerprint density at radius 2 is 2.00 bits per heavy atom. The molecule has 2 aromatic rings. The summed E-state index contributed by atoms with van der Waals surface area (Å²) in [5.41, 5.74) is 2.22. The van der Waals surface area contributed by atoms with Gasteiger partial charge < -0.3 is 24.6 Å². The Labute approximate surface area is 146 Å². The van der Waals surface area contributed by atoms with Crippen molar-refractivity contribution in [3.8, 4) is 0 Å². The minimum absolute atomic E-state index is 0.306. The first kappa shape index (κ1) is 17.7. The van der Waals surface area contributed by atoms with Gasteiger partial charge in [-0.05, 0) is 19.9 Å². The molecule has 0 aliphatic carbocycles. The van der Waals surface area contributed by atoms with Gasteiger partial charge in [-0.15, -0.1) is 0 Å². The molecule has 0 fully saturated rings. The third-order valence-electron chi connectivity index (χ3n) is 3.86. The lowest BCUT2D eigenvalue weighted by Crippen LogP contribution is -2.16. The molecule has 1 aliphatic rings. The summed E-state index contributed by atoms with van der Waals surface area (Å²) in [6.45, 7) is 5.57. The van der Waals surface area contributed by atoms with Crippen LogP contribution in [-0.4, -0.2) is 46.9 Å². The second-order valence-corrected chi connectivity index (χ2v) is 5.69. The van der Waals surface area contributed by atoms with Crippen molar-refractivity contribution in [3.63, 3.8) is 0 Å². The molecule has 3 heterocycles. The molecule has 0 bridgehead atoms. The van der Waals surface area contributed by atoms with Gasteiger partial charge in [-0.2, -0.15) is 4.98 Å². The van der Waals surface area contributed by atoms with Crippen molar-refractivity contribution in [3.05, 3.63) is 28.8 Å². The summed E-state index contributed by atoms with van der Waals surface area (Å²) in [6.07, 6.45) is 1.76. The highest BCUT2D eigenvalue weighted by Crippen LogP contribution is 2.20. The first-order valence-electron chi connectivity index (χ1n) is 8.51. The van der Waals surface area contributed by atoms with Gasteiger partial charge in [-0.25, -0.2) is 9.97 Å². The summed E-state index contributed by atoms with van der Waals surface area (Å²) < 4.78 is 15.6. The van der Waals surface area contributed by atoms with E-state index in [0.29, 0.717) is 43.9 Å². The van der Waals surface area contributed by atoms with Gasteiger partial charge in [-0.3, -0.25) is 0 Å². The number of hydrogen-bond acceptors (Lipinski definition) is 9. The van der Waals surface area contributed by atoms with Crippen LogP contribution in [-0.2, 0) is 42.1 Å². The zero-order valence-electron chi connectivity index (χ0n) is 14.7. The largest absolute Gasteiger partial charge is 0.375 e. The Balaban J connectivity index is 1.77. The van der Waals surface area contributed by atoms with Crippen LogP contribution in [0.1, 0.15) is 35.7 Å². The number of hydrogen-bond donors (Lipinski definition) is 2. The molecule has 25 heavy (non-hydrogen) atoms. The van der Waals surface area contributed by atoms with Crippen molar-refractivity contribution in [2.75, 3.05) is 32.1 Å². The zero-order chi connectivity index (χ0) is 17.5. The molecular formula is C16H24N6O3. The van der Waals surface area contributed by atoms with Gasteiger partial charge in [0.2, 0.25) is 0 Å². The minimum Gasteiger partial charge on any atom is -0.375 e. The first-order chi connectivity index (χ1) is 12.3. The molecule has 0 unspecified atom stereocenters. The molecule has 0 saturated carbocycles. The van der Waals surface area contributed by atoms with Crippen LogP contribution < -0.4 is 10.6 Å². The summed E-state index contributed by atoms with van der Waals surface area (Å²) in [7, 11) is 1.59. The van der Waals surface area contributed by atoms with Gasteiger partial charge in [-0.1, -0.05) is 5.16 Å². The van der Waals surface area contributed by atoms with E-state index < -0.39 is 0 Å².